The maximum Gasteiger partial charge on any atom is 0.319 e. The summed E-state index contributed by atoms with van der Waals surface area (Å²) in [4.78, 5) is 0. The molecule has 0 heterocycles. The van der Waals surface area contributed by atoms with Gasteiger partial charge in [-0.15, -0.1) is 0 Å². The zero-order chi connectivity index (χ0) is 9.23. The molecule has 0 atom stereocenters. The second kappa shape index (κ2) is 9.16. The first kappa shape index (κ1) is 12.1. The lowest BCUT2D eigenvalue weighted by molar-refractivity contribution is 0.116. The average molecular weight is 198 g/mol. The minimum atomic E-state index is -2.34. The van der Waals surface area contributed by atoms with Crippen LogP contribution in [0.4, 0.5) is 0 Å². The predicted molar refractivity (Wildman–Crippen MR) is 44.7 cm³/mol. The van der Waals surface area contributed by atoms with Gasteiger partial charge in [0.15, 0.2) is 0 Å². The van der Waals surface area contributed by atoms with Gasteiger partial charge in [-0.25, -0.2) is 0 Å². The molecule has 0 aromatic heterocycles. The Hall–Kier alpha value is 0.0700. The first-order valence-corrected chi connectivity index (χ1v) is 4.81. The Bertz CT molecular complexity index is 107. The van der Waals surface area contributed by atoms with E-state index in [4.69, 9.17) is 18.5 Å². The highest BCUT2D eigenvalue weighted by Crippen LogP contribution is 2.22. The highest BCUT2D eigenvalue weighted by atomic mass is 31.1. The molecule has 0 fully saturated rings. The van der Waals surface area contributed by atoms with Gasteiger partial charge in [-0.2, -0.15) is 0 Å². The molecule has 0 saturated heterocycles. The summed E-state index contributed by atoms with van der Waals surface area (Å²) in [6.45, 7) is 1.43. The summed E-state index contributed by atoms with van der Waals surface area (Å²) in [5.74, 6) is 0. The van der Waals surface area contributed by atoms with Crippen molar-refractivity contribution in [3.8, 4) is 0 Å². The van der Waals surface area contributed by atoms with E-state index in [1.165, 1.54) is 0 Å². The molecule has 0 aromatic carbocycles. The summed E-state index contributed by atoms with van der Waals surface area (Å²) >= 11 is 0. The van der Waals surface area contributed by atoms with Crippen molar-refractivity contribution >= 4 is 8.25 Å². The number of hydrogen-bond acceptors (Lipinski definition) is 5. The molecule has 5 nitrogen and oxygen atoms in total. The van der Waals surface area contributed by atoms with Crippen molar-refractivity contribution in [2.75, 3.05) is 40.6 Å². The van der Waals surface area contributed by atoms with Gasteiger partial charge < -0.3 is 18.5 Å². The summed E-state index contributed by atoms with van der Waals surface area (Å²) in [7, 11) is 0.751. The highest BCUT2D eigenvalue weighted by molar-refractivity contribution is 7.33. The normalized spacial score (nSPS) is 10.9. The Morgan fingerprint density at radius 1 is 0.917 bits per heavy atom. The Kier molecular flexibility index (Phi) is 9.21. The van der Waals surface area contributed by atoms with Gasteiger partial charge in [-0.05, 0) is 0 Å². The monoisotopic (exact) mass is 198 g/mol. The van der Waals surface area contributed by atoms with Crippen LogP contribution in [0.2, 0.25) is 0 Å². The lowest BCUT2D eigenvalue weighted by Crippen LogP contribution is -2.00. The van der Waals surface area contributed by atoms with Crippen molar-refractivity contribution in [1.82, 2.24) is 0 Å². The predicted octanol–water partition coefficient (Wildman–Crippen LogP) is 0.702. The number of methoxy groups -OCH3 is 2. The standard InChI is InChI=1S/C6H15O5P/c1-8-3-5-10-12(7)11-6-4-9-2/h12H,3-6H2,1-2H3. The molecule has 0 aliphatic rings. The zero-order valence-electron chi connectivity index (χ0n) is 7.37. The van der Waals surface area contributed by atoms with Crippen LogP contribution >= 0.6 is 8.25 Å². The highest BCUT2D eigenvalue weighted by Gasteiger charge is 1.97. The molecule has 0 N–H and O–H groups in total. The van der Waals surface area contributed by atoms with E-state index in [0.717, 1.165) is 0 Å². The van der Waals surface area contributed by atoms with Gasteiger partial charge in [-0.1, -0.05) is 0 Å². The third-order valence-corrected chi connectivity index (χ3v) is 1.89. The zero-order valence-corrected chi connectivity index (χ0v) is 8.37. The summed E-state index contributed by atoms with van der Waals surface area (Å²) in [5, 5.41) is 0. The van der Waals surface area contributed by atoms with Crippen molar-refractivity contribution in [2.24, 2.45) is 0 Å². The molecule has 6 heteroatoms. The van der Waals surface area contributed by atoms with E-state index >= 15 is 0 Å². The molecule has 0 aliphatic carbocycles. The van der Waals surface area contributed by atoms with E-state index in [9.17, 15) is 4.57 Å². The van der Waals surface area contributed by atoms with Crippen LogP contribution in [0.25, 0.3) is 0 Å². The molecule has 0 aliphatic heterocycles. The van der Waals surface area contributed by atoms with E-state index in [-0.39, 0.29) is 0 Å². The molecule has 12 heavy (non-hydrogen) atoms. The maximum atomic E-state index is 10.8. The van der Waals surface area contributed by atoms with Crippen molar-refractivity contribution in [2.45, 2.75) is 0 Å². The SMILES string of the molecule is COCCO[PH](=O)OCCOC. The van der Waals surface area contributed by atoms with Crippen molar-refractivity contribution < 1.29 is 23.1 Å². The van der Waals surface area contributed by atoms with E-state index in [1.807, 2.05) is 0 Å². The summed E-state index contributed by atoms with van der Waals surface area (Å²) in [5.41, 5.74) is 0. The van der Waals surface area contributed by atoms with Gasteiger partial charge in [0.1, 0.15) is 0 Å². The minimum absolute atomic E-state index is 0.293. The smallest absolute Gasteiger partial charge is 0.319 e. The van der Waals surface area contributed by atoms with E-state index in [1.54, 1.807) is 14.2 Å². The van der Waals surface area contributed by atoms with Crippen LogP contribution in [0.3, 0.4) is 0 Å². The minimum Gasteiger partial charge on any atom is -0.382 e. The third-order valence-electron chi connectivity index (χ3n) is 1.01. The average Bonchev–Trinajstić information content (AvgIpc) is 2.06. The topological polar surface area (TPSA) is 54.0 Å². The quantitative estimate of drug-likeness (QED) is 0.424. The molecule has 0 unspecified atom stereocenters. The Balaban J connectivity index is 3.10. The molecule has 0 radical (unpaired) electrons. The van der Waals surface area contributed by atoms with E-state index in [2.05, 4.69) is 0 Å². The number of hydrogen-bond donors (Lipinski definition) is 0. The van der Waals surface area contributed by atoms with Gasteiger partial charge in [0.05, 0.1) is 26.4 Å². The van der Waals surface area contributed by atoms with Crippen molar-refractivity contribution in [1.29, 1.82) is 0 Å². The first-order chi connectivity index (χ1) is 5.81. The number of rotatable bonds is 8. The van der Waals surface area contributed by atoms with E-state index < -0.39 is 8.25 Å². The van der Waals surface area contributed by atoms with Crippen LogP contribution in [-0.4, -0.2) is 40.6 Å². The van der Waals surface area contributed by atoms with Crippen LogP contribution in [0.1, 0.15) is 0 Å². The largest absolute Gasteiger partial charge is 0.382 e. The Morgan fingerprint density at radius 2 is 1.33 bits per heavy atom. The second-order valence-electron chi connectivity index (χ2n) is 1.93. The fourth-order valence-corrected chi connectivity index (χ4v) is 1.04. The molecule has 0 saturated carbocycles. The van der Waals surface area contributed by atoms with Crippen LogP contribution in [0.15, 0.2) is 0 Å². The molecule has 0 aromatic rings. The van der Waals surface area contributed by atoms with Crippen LogP contribution in [0, 0.1) is 0 Å². The van der Waals surface area contributed by atoms with E-state index in [0.29, 0.717) is 26.4 Å². The molecule has 0 bridgehead atoms. The fourth-order valence-electron chi connectivity index (χ4n) is 0.458. The van der Waals surface area contributed by atoms with Gasteiger partial charge in [-0.3, -0.25) is 4.57 Å². The molecule has 0 amide bonds. The summed E-state index contributed by atoms with van der Waals surface area (Å²) in [6.07, 6.45) is 0. The summed E-state index contributed by atoms with van der Waals surface area (Å²) in [6, 6.07) is 0. The second-order valence-corrected chi connectivity index (χ2v) is 3.01. The first-order valence-electron chi connectivity index (χ1n) is 3.58. The van der Waals surface area contributed by atoms with Gasteiger partial charge in [0.2, 0.25) is 0 Å². The van der Waals surface area contributed by atoms with Gasteiger partial charge in [0, 0.05) is 14.2 Å². The van der Waals surface area contributed by atoms with Gasteiger partial charge in [0.25, 0.3) is 0 Å². The molecular weight excluding hydrogens is 183 g/mol. The van der Waals surface area contributed by atoms with Crippen molar-refractivity contribution in [3.63, 3.8) is 0 Å². The van der Waals surface area contributed by atoms with Crippen LogP contribution < -0.4 is 0 Å². The lowest BCUT2D eigenvalue weighted by Gasteiger charge is -2.03. The van der Waals surface area contributed by atoms with Gasteiger partial charge >= 0.3 is 8.25 Å². The third kappa shape index (κ3) is 8.17. The molecule has 0 spiro atoms. The van der Waals surface area contributed by atoms with Crippen LogP contribution in [-0.2, 0) is 23.1 Å². The lowest BCUT2D eigenvalue weighted by atomic mass is 10.8. The molecular formula is C6H15O5P. The summed E-state index contributed by atoms with van der Waals surface area (Å²) < 4.78 is 29.7. The maximum absolute atomic E-state index is 10.8. The van der Waals surface area contributed by atoms with Crippen molar-refractivity contribution in [3.05, 3.63) is 0 Å². The molecule has 0 rings (SSSR count). The van der Waals surface area contributed by atoms with Crippen LogP contribution in [0.5, 0.6) is 0 Å². The Morgan fingerprint density at radius 3 is 1.67 bits per heavy atom. The fraction of sp³-hybridized carbons (Fsp3) is 1.00. The molecule has 74 valence electrons. The number of ether oxygens (including phenoxy) is 2. The Labute approximate surface area is 72.9 Å².